The molecule has 0 spiro atoms. The van der Waals surface area contributed by atoms with Crippen molar-refractivity contribution >= 4 is 22.4 Å². The van der Waals surface area contributed by atoms with E-state index >= 15 is 0 Å². The number of hydrogen-bond donors (Lipinski definition) is 1. The maximum absolute atomic E-state index is 5.75. The summed E-state index contributed by atoms with van der Waals surface area (Å²) >= 11 is 0. The first-order chi connectivity index (χ1) is 18.0. The first-order valence-electron chi connectivity index (χ1n) is 14.3. The summed E-state index contributed by atoms with van der Waals surface area (Å²) < 4.78 is 0. The van der Waals surface area contributed by atoms with Gasteiger partial charge in [0.1, 0.15) is 11.6 Å². The zero-order chi connectivity index (χ0) is 25.9. The Bertz CT molecular complexity index is 1270. The van der Waals surface area contributed by atoms with Gasteiger partial charge in [0.15, 0.2) is 0 Å². The normalized spacial score (nSPS) is 21.4. The number of terminal acetylenes is 1. The molecule has 5 nitrogen and oxygen atoms in total. The molecule has 1 saturated carbocycles. The Morgan fingerprint density at radius 3 is 2.68 bits per heavy atom. The van der Waals surface area contributed by atoms with Gasteiger partial charge < -0.3 is 10.2 Å². The Balaban J connectivity index is 1.37. The van der Waals surface area contributed by atoms with Crippen LogP contribution in [0.4, 0.5) is 11.6 Å². The summed E-state index contributed by atoms with van der Waals surface area (Å²) in [7, 11) is 0. The standard InChI is InChI=1S/C32H41N5/c1-6-9-28(21(4)7-2)35-29-18-27-25(19-34-29)14-16-33-32(27)26-15-17-37(20-22(26)5)30-13-12-23(8-3)31(36-30)24-10-11-24/h3,12-14,16,18-19,21-22,24,26,28H,6-7,9-11,15,17,20H2,1-2,4-5H3,(H,34,35)/t21?,22?,26-,28?/m1/s1. The zero-order valence-corrected chi connectivity index (χ0v) is 22.9. The van der Waals surface area contributed by atoms with Crippen molar-refractivity contribution in [2.75, 3.05) is 23.3 Å². The van der Waals surface area contributed by atoms with E-state index in [1.807, 2.05) is 12.4 Å². The molecule has 2 aliphatic rings. The van der Waals surface area contributed by atoms with E-state index < -0.39 is 0 Å². The van der Waals surface area contributed by atoms with Crippen LogP contribution in [-0.4, -0.2) is 34.1 Å². The van der Waals surface area contributed by atoms with Crippen molar-refractivity contribution in [3.63, 3.8) is 0 Å². The SMILES string of the molecule is C#Cc1ccc(N2CC[C@@H](c3nccc4cnc(NC(CCC)C(C)CC)cc34)C(C)C2)nc1C1CC1. The van der Waals surface area contributed by atoms with Gasteiger partial charge in [-0.15, -0.1) is 6.42 Å². The molecular formula is C32H41N5. The minimum Gasteiger partial charge on any atom is -0.367 e. The molecule has 0 amide bonds. The van der Waals surface area contributed by atoms with Crippen LogP contribution in [-0.2, 0) is 0 Å². The van der Waals surface area contributed by atoms with Crippen molar-refractivity contribution in [1.82, 2.24) is 15.0 Å². The van der Waals surface area contributed by atoms with E-state index in [1.165, 1.54) is 35.7 Å². The third-order valence-electron chi connectivity index (χ3n) is 8.55. The number of pyridine rings is 3. The van der Waals surface area contributed by atoms with Crippen LogP contribution < -0.4 is 10.2 Å². The summed E-state index contributed by atoms with van der Waals surface area (Å²) in [5.74, 6) is 6.90. The summed E-state index contributed by atoms with van der Waals surface area (Å²) in [6, 6.07) is 8.97. The van der Waals surface area contributed by atoms with E-state index in [0.29, 0.717) is 29.7 Å². The number of piperidine rings is 1. The first-order valence-corrected chi connectivity index (χ1v) is 14.3. The predicted molar refractivity (Wildman–Crippen MR) is 154 cm³/mol. The van der Waals surface area contributed by atoms with Crippen LogP contribution in [0.1, 0.15) is 95.0 Å². The molecular weight excluding hydrogens is 454 g/mol. The summed E-state index contributed by atoms with van der Waals surface area (Å²) in [4.78, 5) is 17.2. The van der Waals surface area contributed by atoms with E-state index in [2.05, 4.69) is 68.1 Å². The van der Waals surface area contributed by atoms with Crippen LogP contribution in [0.15, 0.2) is 36.7 Å². The van der Waals surface area contributed by atoms with Gasteiger partial charge in [-0.05, 0) is 61.8 Å². The Labute approximate surface area is 222 Å². The minimum atomic E-state index is 0.407. The second-order valence-corrected chi connectivity index (χ2v) is 11.3. The average molecular weight is 496 g/mol. The summed E-state index contributed by atoms with van der Waals surface area (Å²) in [6.07, 6.45) is 16.7. The van der Waals surface area contributed by atoms with E-state index in [0.717, 1.165) is 55.2 Å². The quantitative estimate of drug-likeness (QED) is 0.320. The second-order valence-electron chi connectivity index (χ2n) is 11.3. The molecule has 0 aromatic carbocycles. The maximum Gasteiger partial charge on any atom is 0.128 e. The largest absolute Gasteiger partial charge is 0.367 e. The molecule has 1 aliphatic carbocycles. The first kappa shape index (κ1) is 25.5. The van der Waals surface area contributed by atoms with Gasteiger partial charge in [0.05, 0.1) is 11.4 Å². The molecule has 1 saturated heterocycles. The zero-order valence-electron chi connectivity index (χ0n) is 22.9. The van der Waals surface area contributed by atoms with Crippen molar-refractivity contribution < 1.29 is 0 Å². The maximum atomic E-state index is 5.75. The van der Waals surface area contributed by atoms with Gasteiger partial charge in [0.25, 0.3) is 0 Å². The van der Waals surface area contributed by atoms with Crippen molar-refractivity contribution in [3.05, 3.63) is 53.6 Å². The van der Waals surface area contributed by atoms with Crippen LogP contribution in [0.2, 0.25) is 0 Å². The van der Waals surface area contributed by atoms with Crippen molar-refractivity contribution in [3.8, 4) is 12.3 Å². The van der Waals surface area contributed by atoms with E-state index in [4.69, 9.17) is 21.4 Å². The van der Waals surface area contributed by atoms with Crippen LogP contribution in [0.25, 0.3) is 10.8 Å². The topological polar surface area (TPSA) is 53.9 Å². The minimum absolute atomic E-state index is 0.407. The highest BCUT2D eigenvalue weighted by Gasteiger charge is 2.32. The van der Waals surface area contributed by atoms with Gasteiger partial charge in [-0.3, -0.25) is 4.98 Å². The number of fused-ring (bicyclic) bond motifs is 1. The Kier molecular flexibility index (Phi) is 7.65. The number of nitrogens with one attached hydrogen (secondary N) is 1. The third-order valence-corrected chi connectivity index (χ3v) is 8.55. The predicted octanol–water partition coefficient (Wildman–Crippen LogP) is 7.14. The number of nitrogens with zero attached hydrogens (tertiary/aromatic N) is 4. The van der Waals surface area contributed by atoms with Crippen LogP contribution in [0, 0.1) is 24.2 Å². The number of aromatic nitrogens is 3. The number of anilines is 2. The highest BCUT2D eigenvalue weighted by molar-refractivity contribution is 5.86. The van der Waals surface area contributed by atoms with E-state index in [9.17, 15) is 0 Å². The fourth-order valence-electron chi connectivity index (χ4n) is 5.94. The molecule has 4 atom stereocenters. The molecule has 5 rings (SSSR count). The fourth-order valence-corrected chi connectivity index (χ4v) is 5.94. The fraction of sp³-hybridized carbons (Fsp3) is 0.531. The molecule has 194 valence electrons. The van der Waals surface area contributed by atoms with Gasteiger partial charge in [-0.2, -0.15) is 0 Å². The van der Waals surface area contributed by atoms with Crippen molar-refractivity contribution in [2.45, 2.75) is 84.1 Å². The Hall–Kier alpha value is -3.13. The Morgan fingerprint density at radius 2 is 1.97 bits per heavy atom. The third kappa shape index (κ3) is 5.44. The molecule has 3 aromatic heterocycles. The summed E-state index contributed by atoms with van der Waals surface area (Å²) in [5, 5.41) is 6.15. The highest BCUT2D eigenvalue weighted by Crippen LogP contribution is 2.42. The van der Waals surface area contributed by atoms with Crippen LogP contribution in [0.3, 0.4) is 0 Å². The van der Waals surface area contributed by atoms with E-state index in [-0.39, 0.29) is 0 Å². The molecule has 0 radical (unpaired) electrons. The van der Waals surface area contributed by atoms with Crippen LogP contribution in [0.5, 0.6) is 0 Å². The van der Waals surface area contributed by atoms with Crippen molar-refractivity contribution in [2.24, 2.45) is 11.8 Å². The Morgan fingerprint density at radius 1 is 1.14 bits per heavy atom. The second kappa shape index (κ2) is 11.1. The molecule has 4 heterocycles. The summed E-state index contributed by atoms with van der Waals surface area (Å²) in [5.41, 5.74) is 3.29. The molecule has 1 N–H and O–H groups in total. The van der Waals surface area contributed by atoms with Crippen molar-refractivity contribution in [1.29, 1.82) is 0 Å². The molecule has 0 bridgehead atoms. The van der Waals surface area contributed by atoms with Gasteiger partial charge in [0, 0.05) is 59.7 Å². The lowest BCUT2D eigenvalue weighted by Gasteiger charge is -2.38. The molecule has 3 aromatic rings. The van der Waals surface area contributed by atoms with Crippen LogP contribution >= 0.6 is 0 Å². The molecule has 5 heteroatoms. The molecule has 37 heavy (non-hydrogen) atoms. The van der Waals surface area contributed by atoms with Gasteiger partial charge in [0.2, 0.25) is 0 Å². The smallest absolute Gasteiger partial charge is 0.128 e. The van der Waals surface area contributed by atoms with Gasteiger partial charge in [-0.25, -0.2) is 9.97 Å². The van der Waals surface area contributed by atoms with Gasteiger partial charge in [-0.1, -0.05) is 46.5 Å². The lowest BCUT2D eigenvalue weighted by Crippen LogP contribution is -2.39. The molecule has 1 aliphatic heterocycles. The monoisotopic (exact) mass is 495 g/mol. The number of rotatable bonds is 9. The van der Waals surface area contributed by atoms with E-state index in [1.54, 1.807) is 0 Å². The molecule has 3 unspecified atom stereocenters. The lowest BCUT2D eigenvalue weighted by molar-refractivity contribution is 0.378. The highest BCUT2D eigenvalue weighted by atomic mass is 15.2. The molecule has 2 fully saturated rings. The van der Waals surface area contributed by atoms with Gasteiger partial charge >= 0.3 is 0 Å². The summed E-state index contributed by atoms with van der Waals surface area (Å²) in [6.45, 7) is 11.2. The lowest BCUT2D eigenvalue weighted by atomic mass is 9.82. The number of hydrogen-bond acceptors (Lipinski definition) is 5. The average Bonchev–Trinajstić information content (AvgIpc) is 3.77.